The maximum atomic E-state index is 11.5. The second-order valence-electron chi connectivity index (χ2n) is 4.94. The predicted molar refractivity (Wildman–Crippen MR) is 56.3 cm³/mol. The summed E-state index contributed by atoms with van der Waals surface area (Å²) < 4.78 is 5.11. The molecule has 0 bridgehead atoms. The molecule has 1 N–H and O–H groups in total. The lowest BCUT2D eigenvalue weighted by atomic mass is 9.95. The van der Waals surface area contributed by atoms with E-state index < -0.39 is 17.5 Å². The zero-order valence-corrected chi connectivity index (χ0v) is 9.83. The van der Waals surface area contributed by atoms with Gasteiger partial charge < -0.3 is 4.74 Å². The lowest BCUT2D eigenvalue weighted by molar-refractivity contribution is -0.158. The third kappa shape index (κ3) is 4.00. The number of carbonyl (C=O) groups excluding carboxylic acids is 3. The summed E-state index contributed by atoms with van der Waals surface area (Å²) in [5.74, 6) is -1.48. The van der Waals surface area contributed by atoms with E-state index in [0.717, 1.165) is 0 Å². The minimum absolute atomic E-state index is 0.0381. The quantitative estimate of drug-likeness (QED) is 0.558. The molecule has 0 aliphatic carbocycles. The molecule has 16 heavy (non-hydrogen) atoms. The molecule has 1 fully saturated rings. The standard InChI is InChI=1S/C11H17NO4/c1-11(2,3)16-9(14)6-7-4-5-8(13)12-10(7)15/h7H,4-6H2,1-3H3,(H,12,13,15). The molecular weight excluding hydrogens is 210 g/mol. The van der Waals surface area contributed by atoms with E-state index in [4.69, 9.17) is 4.74 Å². The minimum atomic E-state index is -0.544. The molecule has 90 valence electrons. The van der Waals surface area contributed by atoms with Gasteiger partial charge in [-0.3, -0.25) is 19.7 Å². The molecule has 1 rings (SSSR count). The first-order valence-corrected chi connectivity index (χ1v) is 5.33. The Morgan fingerprint density at radius 2 is 2.06 bits per heavy atom. The number of imide groups is 1. The third-order valence-electron chi connectivity index (χ3n) is 2.19. The van der Waals surface area contributed by atoms with Gasteiger partial charge >= 0.3 is 5.97 Å². The van der Waals surface area contributed by atoms with Gasteiger partial charge in [0.25, 0.3) is 0 Å². The van der Waals surface area contributed by atoms with Gasteiger partial charge in [-0.05, 0) is 27.2 Å². The molecule has 0 aromatic rings. The number of amides is 2. The second-order valence-corrected chi connectivity index (χ2v) is 4.94. The van der Waals surface area contributed by atoms with Crippen molar-refractivity contribution in [3.63, 3.8) is 0 Å². The number of hydrogen-bond donors (Lipinski definition) is 1. The van der Waals surface area contributed by atoms with Gasteiger partial charge in [-0.15, -0.1) is 0 Å². The molecule has 0 spiro atoms. The summed E-state index contributed by atoms with van der Waals surface area (Å²) in [6.45, 7) is 5.32. The maximum Gasteiger partial charge on any atom is 0.307 e. The van der Waals surface area contributed by atoms with Crippen molar-refractivity contribution in [1.82, 2.24) is 5.32 Å². The van der Waals surface area contributed by atoms with E-state index in [1.54, 1.807) is 20.8 Å². The van der Waals surface area contributed by atoms with Gasteiger partial charge in [-0.25, -0.2) is 0 Å². The van der Waals surface area contributed by atoms with Gasteiger partial charge in [0.1, 0.15) is 5.60 Å². The SMILES string of the molecule is CC(C)(C)OC(=O)CC1CCC(=O)NC1=O. The van der Waals surface area contributed by atoms with Crippen LogP contribution in [0, 0.1) is 5.92 Å². The molecule has 5 heteroatoms. The fraction of sp³-hybridized carbons (Fsp3) is 0.727. The Morgan fingerprint density at radius 3 is 2.56 bits per heavy atom. The average molecular weight is 227 g/mol. The van der Waals surface area contributed by atoms with Crippen molar-refractivity contribution in [3.8, 4) is 0 Å². The first kappa shape index (κ1) is 12.7. The van der Waals surface area contributed by atoms with Crippen LogP contribution in [0.4, 0.5) is 0 Å². The van der Waals surface area contributed by atoms with Crippen LogP contribution < -0.4 is 5.32 Å². The van der Waals surface area contributed by atoms with Crippen LogP contribution in [0.2, 0.25) is 0 Å². The van der Waals surface area contributed by atoms with Crippen molar-refractivity contribution in [2.24, 2.45) is 5.92 Å². The van der Waals surface area contributed by atoms with Crippen molar-refractivity contribution >= 4 is 17.8 Å². The molecule has 2 amide bonds. The van der Waals surface area contributed by atoms with Crippen LogP contribution in [-0.2, 0) is 19.1 Å². The zero-order valence-electron chi connectivity index (χ0n) is 9.83. The van der Waals surface area contributed by atoms with Crippen molar-refractivity contribution in [1.29, 1.82) is 0 Å². The Bertz CT molecular complexity index is 316. The normalized spacial score (nSPS) is 21.6. The number of piperidine rings is 1. The molecular formula is C11H17NO4. The largest absolute Gasteiger partial charge is 0.460 e. The summed E-state index contributed by atoms with van der Waals surface area (Å²) in [5, 5.41) is 2.21. The summed E-state index contributed by atoms with van der Waals surface area (Å²) >= 11 is 0. The number of hydrogen-bond acceptors (Lipinski definition) is 4. The number of ether oxygens (including phenoxy) is 1. The van der Waals surface area contributed by atoms with Crippen LogP contribution in [0.5, 0.6) is 0 Å². The molecule has 0 radical (unpaired) electrons. The third-order valence-corrected chi connectivity index (χ3v) is 2.19. The lowest BCUT2D eigenvalue weighted by Crippen LogP contribution is -2.42. The molecule has 0 saturated carbocycles. The summed E-state index contributed by atoms with van der Waals surface area (Å²) in [6, 6.07) is 0. The number of rotatable bonds is 2. The Hall–Kier alpha value is -1.39. The molecule has 1 unspecified atom stereocenters. The molecule has 0 aromatic heterocycles. The fourth-order valence-corrected chi connectivity index (χ4v) is 1.52. The number of nitrogens with one attached hydrogen (secondary N) is 1. The van der Waals surface area contributed by atoms with E-state index >= 15 is 0 Å². The summed E-state index contributed by atoms with van der Waals surface area (Å²) in [6.07, 6.45) is 0.750. The first-order chi connectivity index (χ1) is 7.28. The second kappa shape index (κ2) is 4.63. The van der Waals surface area contributed by atoms with E-state index in [2.05, 4.69) is 5.32 Å². The summed E-state index contributed by atoms with van der Waals surface area (Å²) in [5.41, 5.74) is -0.544. The molecule has 1 atom stereocenters. The van der Waals surface area contributed by atoms with Crippen molar-refractivity contribution in [3.05, 3.63) is 0 Å². The van der Waals surface area contributed by atoms with Crippen molar-refractivity contribution < 1.29 is 19.1 Å². The Kier molecular flexibility index (Phi) is 3.67. The van der Waals surface area contributed by atoms with E-state index in [9.17, 15) is 14.4 Å². The van der Waals surface area contributed by atoms with Gasteiger partial charge in [0, 0.05) is 12.3 Å². The Morgan fingerprint density at radius 1 is 1.44 bits per heavy atom. The van der Waals surface area contributed by atoms with Gasteiger partial charge in [-0.2, -0.15) is 0 Å². The van der Waals surface area contributed by atoms with Gasteiger partial charge in [0.05, 0.1) is 6.42 Å². The van der Waals surface area contributed by atoms with Crippen LogP contribution in [0.3, 0.4) is 0 Å². The van der Waals surface area contributed by atoms with Crippen LogP contribution in [-0.4, -0.2) is 23.4 Å². The van der Waals surface area contributed by atoms with Crippen LogP contribution in [0.25, 0.3) is 0 Å². The van der Waals surface area contributed by atoms with Crippen molar-refractivity contribution in [2.45, 2.75) is 45.6 Å². The highest BCUT2D eigenvalue weighted by Gasteiger charge is 2.30. The predicted octanol–water partition coefficient (Wildman–Crippen LogP) is 0.771. The van der Waals surface area contributed by atoms with E-state index in [0.29, 0.717) is 12.8 Å². The topological polar surface area (TPSA) is 72.5 Å². The fourth-order valence-electron chi connectivity index (χ4n) is 1.52. The lowest BCUT2D eigenvalue weighted by Gasteiger charge is -2.23. The monoisotopic (exact) mass is 227 g/mol. The number of esters is 1. The highest BCUT2D eigenvalue weighted by molar-refractivity contribution is 5.99. The molecule has 1 heterocycles. The molecule has 5 nitrogen and oxygen atoms in total. The minimum Gasteiger partial charge on any atom is -0.460 e. The van der Waals surface area contributed by atoms with Crippen LogP contribution in [0.1, 0.15) is 40.0 Å². The van der Waals surface area contributed by atoms with Crippen LogP contribution >= 0.6 is 0 Å². The smallest absolute Gasteiger partial charge is 0.307 e. The molecule has 1 saturated heterocycles. The van der Waals surface area contributed by atoms with E-state index in [1.165, 1.54) is 0 Å². The maximum absolute atomic E-state index is 11.5. The number of carbonyl (C=O) groups is 3. The average Bonchev–Trinajstić information content (AvgIpc) is 2.06. The van der Waals surface area contributed by atoms with E-state index in [-0.39, 0.29) is 18.2 Å². The summed E-state index contributed by atoms with van der Waals surface area (Å²) in [7, 11) is 0. The highest BCUT2D eigenvalue weighted by atomic mass is 16.6. The Balaban J connectivity index is 2.45. The van der Waals surface area contributed by atoms with Gasteiger partial charge in [-0.1, -0.05) is 0 Å². The van der Waals surface area contributed by atoms with Crippen molar-refractivity contribution in [2.75, 3.05) is 0 Å². The summed E-state index contributed by atoms with van der Waals surface area (Å²) in [4.78, 5) is 33.7. The first-order valence-electron chi connectivity index (χ1n) is 5.33. The van der Waals surface area contributed by atoms with Gasteiger partial charge in [0.15, 0.2) is 0 Å². The molecule has 1 aliphatic heterocycles. The zero-order chi connectivity index (χ0) is 12.3. The molecule has 1 aliphatic rings. The Labute approximate surface area is 94.5 Å². The van der Waals surface area contributed by atoms with E-state index in [1.807, 2.05) is 0 Å². The van der Waals surface area contributed by atoms with Gasteiger partial charge in [0.2, 0.25) is 11.8 Å². The van der Waals surface area contributed by atoms with Crippen LogP contribution in [0.15, 0.2) is 0 Å². The highest BCUT2D eigenvalue weighted by Crippen LogP contribution is 2.18. The molecule has 0 aromatic carbocycles.